The highest BCUT2D eigenvalue weighted by Gasteiger charge is 2.62. The topological polar surface area (TPSA) is 52.6 Å². The van der Waals surface area contributed by atoms with Gasteiger partial charge in [0.15, 0.2) is 0 Å². The summed E-state index contributed by atoms with van der Waals surface area (Å²) in [5.74, 6) is 1.83. The predicted molar refractivity (Wildman–Crippen MR) is 140 cm³/mol. The molecular weight excluding hydrogens is 474 g/mol. The Morgan fingerprint density at radius 1 is 1.08 bits per heavy atom. The number of hydrogen-bond acceptors (Lipinski definition) is 4. The number of carbonyl (C=O) groups excluding carboxylic acids is 2. The van der Waals surface area contributed by atoms with Crippen LogP contribution < -0.4 is 0 Å². The first-order valence-electron chi connectivity index (χ1n) is 14.5. The van der Waals surface area contributed by atoms with E-state index in [1.165, 1.54) is 39.7 Å². The molecule has 0 aromatic heterocycles. The van der Waals surface area contributed by atoms with E-state index in [9.17, 15) is 18.4 Å². The van der Waals surface area contributed by atoms with Crippen LogP contribution in [0, 0.1) is 40.4 Å². The van der Waals surface area contributed by atoms with Gasteiger partial charge < -0.3 is 9.47 Å². The Kier molecular flexibility index (Phi) is 7.92. The molecule has 6 heteroatoms. The average molecular weight is 523 g/mol. The van der Waals surface area contributed by atoms with E-state index in [1.807, 2.05) is 0 Å². The average Bonchev–Trinajstić information content (AvgIpc) is 3.14. The molecule has 4 rings (SSSR count). The van der Waals surface area contributed by atoms with E-state index in [0.717, 1.165) is 32.1 Å². The highest BCUT2D eigenvalue weighted by atomic mass is 19.2. The van der Waals surface area contributed by atoms with E-state index in [-0.39, 0.29) is 41.4 Å². The van der Waals surface area contributed by atoms with Crippen LogP contribution in [0.2, 0.25) is 0 Å². The van der Waals surface area contributed by atoms with Crippen molar-refractivity contribution in [1.29, 1.82) is 0 Å². The lowest BCUT2D eigenvalue weighted by Crippen LogP contribution is -2.57. The number of fused-ring (bicyclic) bond motifs is 5. The van der Waals surface area contributed by atoms with Crippen molar-refractivity contribution < 1.29 is 27.8 Å². The number of rotatable bonds is 7. The number of ether oxygens (including phenoxy) is 2. The minimum absolute atomic E-state index is 0.200. The molecule has 0 aliphatic heterocycles. The van der Waals surface area contributed by atoms with E-state index in [4.69, 9.17) is 9.47 Å². The van der Waals surface area contributed by atoms with Crippen LogP contribution in [0.25, 0.3) is 0 Å². The fourth-order valence-corrected chi connectivity index (χ4v) is 9.28. The Balaban J connectivity index is 1.54. The van der Waals surface area contributed by atoms with Crippen LogP contribution in [0.3, 0.4) is 0 Å². The van der Waals surface area contributed by atoms with E-state index < -0.39 is 11.8 Å². The molecule has 0 radical (unpaired) electrons. The molecule has 0 amide bonds. The van der Waals surface area contributed by atoms with Crippen LogP contribution in [0.1, 0.15) is 106 Å². The van der Waals surface area contributed by atoms with Crippen LogP contribution in [-0.4, -0.2) is 36.0 Å². The quantitative estimate of drug-likeness (QED) is 0.256. The van der Waals surface area contributed by atoms with Crippen molar-refractivity contribution >= 4 is 11.9 Å². The zero-order valence-corrected chi connectivity index (χ0v) is 23.9. The third-order valence-corrected chi connectivity index (χ3v) is 11.2. The largest absolute Gasteiger partial charge is 0.462 e. The lowest BCUT2D eigenvalue weighted by atomic mass is 9.46. The van der Waals surface area contributed by atoms with Gasteiger partial charge in [-0.15, -0.1) is 0 Å². The van der Waals surface area contributed by atoms with Gasteiger partial charge in [-0.1, -0.05) is 32.4 Å². The molecule has 4 aliphatic rings. The lowest BCUT2D eigenvalue weighted by Gasteiger charge is -2.60. The van der Waals surface area contributed by atoms with Gasteiger partial charge in [0.1, 0.15) is 24.0 Å². The van der Waals surface area contributed by atoms with Crippen LogP contribution in [0.15, 0.2) is 11.6 Å². The first kappa shape index (κ1) is 28.5. The van der Waals surface area contributed by atoms with Crippen molar-refractivity contribution in [3.05, 3.63) is 11.6 Å². The molecule has 37 heavy (non-hydrogen) atoms. The summed E-state index contributed by atoms with van der Waals surface area (Å²) in [5, 5.41) is 0. The zero-order chi connectivity index (χ0) is 27.3. The van der Waals surface area contributed by atoms with Gasteiger partial charge in [-0.25, -0.2) is 8.78 Å². The third-order valence-electron chi connectivity index (χ3n) is 11.2. The first-order chi connectivity index (χ1) is 17.2. The Bertz CT molecular complexity index is 909. The van der Waals surface area contributed by atoms with Crippen molar-refractivity contribution in [2.45, 2.75) is 130 Å². The van der Waals surface area contributed by atoms with Gasteiger partial charge in [0.05, 0.1) is 0 Å². The van der Waals surface area contributed by atoms with Crippen LogP contribution in [0.5, 0.6) is 0 Å². The Morgan fingerprint density at radius 2 is 1.76 bits per heavy atom. The summed E-state index contributed by atoms with van der Waals surface area (Å²) >= 11 is 0. The molecule has 3 fully saturated rings. The number of carbonyl (C=O) groups is 2. The zero-order valence-electron chi connectivity index (χ0n) is 23.9. The van der Waals surface area contributed by atoms with Gasteiger partial charge in [-0.05, 0) is 93.8 Å². The molecule has 0 heterocycles. The molecule has 0 aromatic carbocycles. The number of esters is 2. The molecule has 0 N–H and O–H groups in total. The van der Waals surface area contributed by atoms with Crippen molar-refractivity contribution in [2.75, 3.05) is 0 Å². The van der Waals surface area contributed by atoms with Gasteiger partial charge in [0.25, 0.3) is 0 Å². The Hall–Kier alpha value is -1.46. The molecule has 5 unspecified atom stereocenters. The lowest BCUT2D eigenvalue weighted by molar-refractivity contribution is -0.172. The summed E-state index contributed by atoms with van der Waals surface area (Å²) in [4.78, 5) is 23.8. The smallest absolute Gasteiger partial charge is 0.302 e. The highest BCUT2D eigenvalue weighted by Crippen LogP contribution is 2.67. The monoisotopic (exact) mass is 522 g/mol. The number of allylic oxidation sites excluding steroid dienone is 1. The summed E-state index contributed by atoms with van der Waals surface area (Å²) in [6.45, 7) is 12.6. The summed E-state index contributed by atoms with van der Waals surface area (Å²) < 4.78 is 40.0. The molecular formula is C31H48F2O4. The Labute approximate surface area is 222 Å². The number of halogens is 2. The van der Waals surface area contributed by atoms with E-state index >= 15 is 0 Å². The minimum atomic E-state index is -1.78. The van der Waals surface area contributed by atoms with Crippen molar-refractivity contribution in [3.8, 4) is 0 Å². The predicted octanol–water partition coefficient (Wildman–Crippen LogP) is 7.54. The summed E-state index contributed by atoms with van der Waals surface area (Å²) in [7, 11) is 0. The van der Waals surface area contributed by atoms with Gasteiger partial charge in [-0.3, -0.25) is 9.59 Å². The molecule has 0 spiro atoms. The fourth-order valence-electron chi connectivity index (χ4n) is 9.28. The minimum Gasteiger partial charge on any atom is -0.462 e. The van der Waals surface area contributed by atoms with Crippen LogP contribution in [-0.2, 0) is 19.1 Å². The third kappa shape index (κ3) is 5.24. The standard InChI is InChI=1S/C31H48F2O4/c1-18(8-13-27(32)29(4,5)33)24-11-12-25-23-10-9-21-16-22(36-19(2)34)17-28(37-20(3)35)31(21,7)26(23)14-15-30(24,25)6/h9,18,22-28H,8,10-17H2,1-7H3/t18-,22?,23?,24-,25?,26?,27?,28+,30-,31+/m1/s1. The fraction of sp³-hybridized carbons (Fsp3) is 0.871. The SMILES string of the molecule is CC(=O)OC1CC2=CCC3C4CC[C@H]([C@H](C)CCC(F)C(C)(C)F)[C@@]4(C)CCC3[C@@]2(C)[C@@H](OC(C)=O)C1. The second-order valence-corrected chi connectivity index (χ2v) is 13.7. The molecule has 10 atom stereocenters. The van der Waals surface area contributed by atoms with Gasteiger partial charge in [0, 0.05) is 32.1 Å². The van der Waals surface area contributed by atoms with E-state index in [0.29, 0.717) is 42.4 Å². The van der Waals surface area contributed by atoms with Crippen molar-refractivity contribution in [1.82, 2.24) is 0 Å². The second-order valence-electron chi connectivity index (χ2n) is 13.7. The highest BCUT2D eigenvalue weighted by molar-refractivity contribution is 5.67. The Morgan fingerprint density at radius 3 is 2.38 bits per heavy atom. The molecule has 0 aromatic rings. The molecule has 0 saturated heterocycles. The normalized spacial score (nSPS) is 40.9. The van der Waals surface area contributed by atoms with Gasteiger partial charge in [0.2, 0.25) is 0 Å². The molecule has 0 bridgehead atoms. The van der Waals surface area contributed by atoms with Gasteiger partial charge >= 0.3 is 11.9 Å². The molecule has 3 saturated carbocycles. The van der Waals surface area contributed by atoms with Gasteiger partial charge in [-0.2, -0.15) is 0 Å². The van der Waals surface area contributed by atoms with E-state index in [2.05, 4.69) is 26.8 Å². The number of hydrogen-bond donors (Lipinski definition) is 0. The maximum absolute atomic E-state index is 14.4. The summed E-state index contributed by atoms with van der Waals surface area (Å²) in [6, 6.07) is 0. The number of alkyl halides is 2. The van der Waals surface area contributed by atoms with Crippen LogP contribution >= 0.6 is 0 Å². The summed E-state index contributed by atoms with van der Waals surface area (Å²) in [6.07, 6.45) is 8.20. The second kappa shape index (κ2) is 10.3. The molecule has 4 aliphatic carbocycles. The molecule has 4 nitrogen and oxygen atoms in total. The van der Waals surface area contributed by atoms with E-state index in [1.54, 1.807) is 0 Å². The first-order valence-corrected chi connectivity index (χ1v) is 14.5. The molecule has 210 valence electrons. The van der Waals surface area contributed by atoms with Crippen molar-refractivity contribution in [2.24, 2.45) is 40.4 Å². The maximum Gasteiger partial charge on any atom is 0.302 e. The van der Waals surface area contributed by atoms with Crippen LogP contribution in [0.4, 0.5) is 8.78 Å². The van der Waals surface area contributed by atoms with Crippen molar-refractivity contribution in [3.63, 3.8) is 0 Å². The summed E-state index contributed by atoms with van der Waals surface area (Å²) in [5.41, 5.74) is -0.545. The maximum atomic E-state index is 14.4.